The molecule has 0 saturated heterocycles. The van der Waals surface area contributed by atoms with E-state index in [1.54, 1.807) is 6.07 Å². The van der Waals surface area contributed by atoms with Crippen LogP contribution in [0.15, 0.2) is 18.2 Å². The van der Waals surface area contributed by atoms with Crippen molar-refractivity contribution in [3.8, 4) is 0 Å². The van der Waals surface area contributed by atoms with Crippen LogP contribution in [-0.4, -0.2) is 11.9 Å². The fourth-order valence-corrected chi connectivity index (χ4v) is 2.51. The third kappa shape index (κ3) is 3.47. The van der Waals surface area contributed by atoms with Crippen LogP contribution in [0.3, 0.4) is 0 Å². The van der Waals surface area contributed by atoms with Crippen LogP contribution in [0.5, 0.6) is 0 Å². The molecular formula is C14H19ClN2O. The number of ether oxygens (including phenoxy) is 1. The Morgan fingerprint density at radius 2 is 2.06 bits per heavy atom. The summed E-state index contributed by atoms with van der Waals surface area (Å²) in [5.41, 5.74) is 7.04. The van der Waals surface area contributed by atoms with Gasteiger partial charge in [0.2, 0.25) is 0 Å². The summed E-state index contributed by atoms with van der Waals surface area (Å²) < 4.78 is 5.88. The smallest absolute Gasteiger partial charge is 0.122 e. The molecule has 3 N–H and O–H groups in total. The first-order valence-electron chi connectivity index (χ1n) is 6.41. The second kappa shape index (κ2) is 6.21. The van der Waals surface area contributed by atoms with Crippen molar-refractivity contribution in [3.63, 3.8) is 0 Å². The molecule has 0 amide bonds. The lowest BCUT2D eigenvalue weighted by Crippen LogP contribution is -2.16. The van der Waals surface area contributed by atoms with Gasteiger partial charge in [-0.1, -0.05) is 43.0 Å². The Labute approximate surface area is 113 Å². The number of nitrogens with one attached hydrogen (secondary N) is 1. The summed E-state index contributed by atoms with van der Waals surface area (Å²) in [6, 6.07) is 5.43. The van der Waals surface area contributed by atoms with Crippen molar-refractivity contribution in [2.45, 2.75) is 44.8 Å². The number of halogens is 1. The molecule has 0 spiro atoms. The van der Waals surface area contributed by atoms with E-state index in [4.69, 9.17) is 27.5 Å². The zero-order valence-electron chi connectivity index (χ0n) is 10.4. The number of hydrogen-bond acceptors (Lipinski definition) is 2. The van der Waals surface area contributed by atoms with Crippen LogP contribution in [0.1, 0.15) is 43.2 Å². The Balaban J connectivity index is 1.94. The average molecular weight is 267 g/mol. The molecule has 0 heterocycles. The normalized spacial score (nSPS) is 16.7. The van der Waals surface area contributed by atoms with E-state index in [1.165, 1.54) is 19.3 Å². The summed E-state index contributed by atoms with van der Waals surface area (Å²) in [6.45, 7) is 0.543. The number of hydrogen-bond donors (Lipinski definition) is 2. The van der Waals surface area contributed by atoms with Crippen LogP contribution in [0.25, 0.3) is 0 Å². The number of nitrogen functional groups attached to an aromatic ring is 1. The molecule has 1 saturated carbocycles. The first kappa shape index (κ1) is 13.4. The third-order valence-electron chi connectivity index (χ3n) is 3.39. The van der Waals surface area contributed by atoms with E-state index in [0.29, 0.717) is 23.3 Å². The first-order valence-corrected chi connectivity index (χ1v) is 6.79. The van der Waals surface area contributed by atoms with Gasteiger partial charge >= 0.3 is 0 Å². The minimum atomic E-state index is 0.0386. The number of benzene rings is 1. The lowest BCUT2D eigenvalue weighted by molar-refractivity contribution is 0.0169. The molecule has 2 rings (SSSR count). The minimum Gasteiger partial charge on any atom is -0.384 e. The van der Waals surface area contributed by atoms with Gasteiger partial charge in [0.15, 0.2) is 0 Å². The molecule has 4 heteroatoms. The zero-order chi connectivity index (χ0) is 13.0. The van der Waals surface area contributed by atoms with E-state index >= 15 is 0 Å². The van der Waals surface area contributed by atoms with Crippen molar-refractivity contribution in [2.24, 2.45) is 5.73 Å². The van der Waals surface area contributed by atoms with Gasteiger partial charge in [-0.2, -0.15) is 0 Å². The molecule has 0 bridgehead atoms. The number of nitrogens with two attached hydrogens (primary N) is 1. The van der Waals surface area contributed by atoms with Crippen LogP contribution >= 0.6 is 11.6 Å². The van der Waals surface area contributed by atoms with E-state index in [9.17, 15) is 0 Å². The fraction of sp³-hybridized carbons (Fsp3) is 0.500. The van der Waals surface area contributed by atoms with Crippen molar-refractivity contribution in [1.82, 2.24) is 0 Å². The van der Waals surface area contributed by atoms with Crippen molar-refractivity contribution in [2.75, 3.05) is 0 Å². The van der Waals surface area contributed by atoms with Gasteiger partial charge in [0, 0.05) is 10.6 Å². The largest absolute Gasteiger partial charge is 0.384 e. The molecule has 0 radical (unpaired) electrons. The standard InChI is InChI=1S/C14H19ClN2O/c15-13-8-10(14(16)17)6-7-11(13)9-18-12-4-2-1-3-5-12/h6-8,12H,1-5,9H2,(H3,16,17). The highest BCUT2D eigenvalue weighted by molar-refractivity contribution is 6.31. The molecule has 1 aliphatic rings. The molecule has 1 fully saturated rings. The monoisotopic (exact) mass is 266 g/mol. The molecule has 1 aromatic carbocycles. The fourth-order valence-electron chi connectivity index (χ4n) is 2.27. The van der Waals surface area contributed by atoms with Crippen LogP contribution in [0, 0.1) is 5.41 Å². The predicted octanol–water partition coefficient (Wildman–Crippen LogP) is 3.47. The van der Waals surface area contributed by atoms with Crippen LogP contribution in [0.2, 0.25) is 5.02 Å². The zero-order valence-corrected chi connectivity index (χ0v) is 11.2. The molecule has 1 aliphatic carbocycles. The lowest BCUT2D eigenvalue weighted by atomic mass is 9.98. The SMILES string of the molecule is N=C(N)c1ccc(COC2CCCCC2)c(Cl)c1. The molecule has 0 atom stereocenters. The molecule has 3 nitrogen and oxygen atoms in total. The van der Waals surface area contributed by atoms with Crippen LogP contribution in [0.4, 0.5) is 0 Å². The lowest BCUT2D eigenvalue weighted by Gasteiger charge is -2.22. The molecule has 0 unspecified atom stereocenters. The van der Waals surface area contributed by atoms with E-state index in [0.717, 1.165) is 18.4 Å². The van der Waals surface area contributed by atoms with Gasteiger partial charge in [0.1, 0.15) is 5.84 Å². The Morgan fingerprint density at radius 3 is 2.67 bits per heavy atom. The van der Waals surface area contributed by atoms with Crippen molar-refractivity contribution < 1.29 is 4.74 Å². The van der Waals surface area contributed by atoms with Gasteiger partial charge in [-0.05, 0) is 24.5 Å². The Hall–Kier alpha value is -1.06. The van der Waals surface area contributed by atoms with Gasteiger partial charge in [-0.25, -0.2) is 0 Å². The minimum absolute atomic E-state index is 0.0386. The van der Waals surface area contributed by atoms with Gasteiger partial charge in [-0.3, -0.25) is 5.41 Å². The van der Waals surface area contributed by atoms with E-state index in [2.05, 4.69) is 0 Å². The van der Waals surface area contributed by atoms with Crippen LogP contribution < -0.4 is 5.73 Å². The maximum atomic E-state index is 7.35. The molecule has 0 aromatic heterocycles. The maximum Gasteiger partial charge on any atom is 0.122 e. The summed E-state index contributed by atoms with van der Waals surface area (Å²) in [7, 11) is 0. The molecule has 0 aliphatic heterocycles. The van der Waals surface area contributed by atoms with Gasteiger partial charge < -0.3 is 10.5 Å². The number of amidine groups is 1. The molecule has 18 heavy (non-hydrogen) atoms. The summed E-state index contributed by atoms with van der Waals surface area (Å²) in [5, 5.41) is 7.98. The van der Waals surface area contributed by atoms with E-state index < -0.39 is 0 Å². The van der Waals surface area contributed by atoms with E-state index in [-0.39, 0.29) is 5.84 Å². The number of rotatable bonds is 4. The highest BCUT2D eigenvalue weighted by Gasteiger charge is 2.14. The van der Waals surface area contributed by atoms with Gasteiger partial charge in [-0.15, -0.1) is 0 Å². The first-order chi connectivity index (χ1) is 8.66. The topological polar surface area (TPSA) is 59.1 Å². The highest BCUT2D eigenvalue weighted by Crippen LogP contribution is 2.24. The van der Waals surface area contributed by atoms with Crippen molar-refractivity contribution in [1.29, 1.82) is 5.41 Å². The predicted molar refractivity (Wildman–Crippen MR) is 74.1 cm³/mol. The van der Waals surface area contributed by atoms with E-state index in [1.807, 2.05) is 12.1 Å². The third-order valence-corrected chi connectivity index (χ3v) is 3.74. The second-order valence-electron chi connectivity index (χ2n) is 4.79. The average Bonchev–Trinajstić information content (AvgIpc) is 2.38. The van der Waals surface area contributed by atoms with Crippen LogP contribution in [-0.2, 0) is 11.3 Å². The maximum absolute atomic E-state index is 7.35. The van der Waals surface area contributed by atoms with Gasteiger partial charge in [0.25, 0.3) is 0 Å². The highest BCUT2D eigenvalue weighted by atomic mass is 35.5. The van der Waals surface area contributed by atoms with Crippen molar-refractivity contribution in [3.05, 3.63) is 34.3 Å². The Kier molecular flexibility index (Phi) is 4.61. The second-order valence-corrected chi connectivity index (χ2v) is 5.20. The molecule has 1 aromatic rings. The molecular weight excluding hydrogens is 248 g/mol. The Morgan fingerprint density at radius 1 is 1.33 bits per heavy atom. The Bertz CT molecular complexity index is 428. The summed E-state index contributed by atoms with van der Waals surface area (Å²) in [6.07, 6.45) is 6.55. The quantitative estimate of drug-likeness (QED) is 0.648. The molecule has 98 valence electrons. The van der Waals surface area contributed by atoms with Crippen molar-refractivity contribution >= 4 is 17.4 Å². The summed E-state index contributed by atoms with van der Waals surface area (Å²) in [4.78, 5) is 0. The van der Waals surface area contributed by atoms with Gasteiger partial charge in [0.05, 0.1) is 12.7 Å². The summed E-state index contributed by atoms with van der Waals surface area (Å²) >= 11 is 6.16. The summed E-state index contributed by atoms with van der Waals surface area (Å²) in [5.74, 6) is 0.0386.